The summed E-state index contributed by atoms with van der Waals surface area (Å²) in [6, 6.07) is 12.9. The molecular weight excluding hydrogens is 384 g/mol. The molecule has 2 aromatic heterocycles. The Morgan fingerprint density at radius 2 is 1.74 bits per heavy atom. The van der Waals surface area contributed by atoms with Gasteiger partial charge in [-0.15, -0.1) is 11.3 Å². The number of hydrogen-bond donors (Lipinski definition) is 0. The van der Waals surface area contributed by atoms with Crippen molar-refractivity contribution in [2.24, 2.45) is 0 Å². The largest absolute Gasteiger partial charge is 0.336 e. The summed E-state index contributed by atoms with van der Waals surface area (Å²) in [5, 5.41) is 6.00. The van der Waals surface area contributed by atoms with Crippen molar-refractivity contribution in [1.29, 1.82) is 0 Å². The van der Waals surface area contributed by atoms with E-state index in [2.05, 4.69) is 5.10 Å². The molecule has 1 aliphatic heterocycles. The Labute approximate surface area is 161 Å². The summed E-state index contributed by atoms with van der Waals surface area (Å²) < 4.78 is 28.6. The SMILES string of the molecule is O=C(c1cnn(-c2ccccc2)c1)N1CCN(S(=O)(=O)c2cccs2)CC1. The van der Waals surface area contributed by atoms with Gasteiger partial charge in [-0.2, -0.15) is 9.40 Å². The van der Waals surface area contributed by atoms with Crippen LogP contribution in [0.25, 0.3) is 5.69 Å². The van der Waals surface area contributed by atoms with E-state index in [1.807, 2.05) is 30.3 Å². The van der Waals surface area contributed by atoms with Crippen LogP contribution >= 0.6 is 11.3 Å². The summed E-state index contributed by atoms with van der Waals surface area (Å²) in [6.07, 6.45) is 3.25. The maximum Gasteiger partial charge on any atom is 0.257 e. The molecule has 7 nitrogen and oxygen atoms in total. The molecule has 1 aromatic carbocycles. The molecule has 4 rings (SSSR count). The number of amides is 1. The molecule has 0 atom stereocenters. The van der Waals surface area contributed by atoms with Crippen LogP contribution in [0.3, 0.4) is 0 Å². The molecule has 0 aliphatic carbocycles. The minimum absolute atomic E-state index is 0.134. The Balaban J connectivity index is 1.43. The normalized spacial score (nSPS) is 15.8. The van der Waals surface area contributed by atoms with E-state index >= 15 is 0 Å². The number of hydrogen-bond acceptors (Lipinski definition) is 5. The standard InChI is InChI=1S/C18H18N4O3S2/c23-18(15-13-19-22(14-15)16-5-2-1-3-6-16)20-8-10-21(11-9-20)27(24,25)17-7-4-12-26-17/h1-7,12-14H,8-11H2. The van der Waals surface area contributed by atoms with Crippen LogP contribution in [0, 0.1) is 0 Å². The average molecular weight is 403 g/mol. The van der Waals surface area contributed by atoms with Crippen molar-refractivity contribution >= 4 is 27.3 Å². The Morgan fingerprint density at radius 3 is 2.41 bits per heavy atom. The molecule has 9 heteroatoms. The number of carbonyl (C=O) groups is 1. The topological polar surface area (TPSA) is 75.5 Å². The van der Waals surface area contributed by atoms with E-state index in [9.17, 15) is 13.2 Å². The van der Waals surface area contributed by atoms with E-state index in [0.717, 1.165) is 5.69 Å². The molecular formula is C18H18N4O3S2. The van der Waals surface area contributed by atoms with Gasteiger partial charge >= 0.3 is 0 Å². The van der Waals surface area contributed by atoms with Crippen LogP contribution in [0.1, 0.15) is 10.4 Å². The first kappa shape index (κ1) is 17.9. The Hall–Kier alpha value is -2.49. The minimum Gasteiger partial charge on any atom is -0.336 e. The lowest BCUT2D eigenvalue weighted by Crippen LogP contribution is -2.50. The van der Waals surface area contributed by atoms with Gasteiger partial charge in [-0.3, -0.25) is 4.79 Å². The van der Waals surface area contributed by atoms with Gasteiger partial charge < -0.3 is 4.90 Å². The second kappa shape index (κ2) is 7.26. The predicted molar refractivity (Wildman–Crippen MR) is 103 cm³/mol. The molecule has 0 bridgehead atoms. The quantitative estimate of drug-likeness (QED) is 0.670. The molecule has 0 spiro atoms. The first-order valence-electron chi connectivity index (χ1n) is 8.49. The average Bonchev–Trinajstić information content (AvgIpc) is 3.41. The Kier molecular flexibility index (Phi) is 4.81. The zero-order chi connectivity index (χ0) is 18.9. The summed E-state index contributed by atoms with van der Waals surface area (Å²) in [6.45, 7) is 1.30. The van der Waals surface area contributed by atoms with Crippen molar-refractivity contribution < 1.29 is 13.2 Å². The molecule has 0 unspecified atom stereocenters. The second-order valence-corrected chi connectivity index (χ2v) is 9.25. The molecule has 3 heterocycles. The highest BCUT2D eigenvalue weighted by molar-refractivity contribution is 7.91. The highest BCUT2D eigenvalue weighted by Crippen LogP contribution is 2.22. The minimum atomic E-state index is -3.47. The number of rotatable bonds is 4. The fourth-order valence-electron chi connectivity index (χ4n) is 3.01. The number of para-hydroxylation sites is 1. The van der Waals surface area contributed by atoms with E-state index < -0.39 is 10.0 Å². The van der Waals surface area contributed by atoms with Gasteiger partial charge in [0.05, 0.1) is 17.4 Å². The van der Waals surface area contributed by atoms with Crippen LogP contribution in [-0.2, 0) is 10.0 Å². The number of sulfonamides is 1. The lowest BCUT2D eigenvalue weighted by molar-refractivity contribution is 0.0698. The van der Waals surface area contributed by atoms with Crippen LogP contribution < -0.4 is 0 Å². The van der Waals surface area contributed by atoms with E-state index in [-0.39, 0.29) is 5.91 Å². The van der Waals surface area contributed by atoms with Gasteiger partial charge in [0, 0.05) is 32.4 Å². The fraction of sp³-hybridized carbons (Fsp3) is 0.222. The molecule has 0 N–H and O–H groups in total. The highest BCUT2D eigenvalue weighted by atomic mass is 32.2. The highest BCUT2D eigenvalue weighted by Gasteiger charge is 2.31. The van der Waals surface area contributed by atoms with Crippen LogP contribution in [0.15, 0.2) is 64.4 Å². The zero-order valence-electron chi connectivity index (χ0n) is 14.4. The van der Waals surface area contributed by atoms with Crippen LogP contribution in [-0.4, -0.2) is 59.5 Å². The van der Waals surface area contributed by atoms with Crippen molar-refractivity contribution in [2.75, 3.05) is 26.2 Å². The van der Waals surface area contributed by atoms with Crippen molar-refractivity contribution in [3.05, 3.63) is 65.8 Å². The third-order valence-corrected chi connectivity index (χ3v) is 7.74. The molecule has 1 amide bonds. The number of piperazine rings is 1. The number of nitrogens with zero attached hydrogens (tertiary/aromatic N) is 4. The van der Waals surface area contributed by atoms with Gasteiger partial charge in [0.15, 0.2) is 0 Å². The van der Waals surface area contributed by atoms with E-state index in [1.165, 1.54) is 15.6 Å². The Morgan fingerprint density at radius 1 is 1.00 bits per heavy atom. The molecule has 1 fully saturated rings. The fourth-order valence-corrected chi connectivity index (χ4v) is 5.57. The maximum absolute atomic E-state index is 12.7. The lowest BCUT2D eigenvalue weighted by atomic mass is 10.2. The first-order valence-corrected chi connectivity index (χ1v) is 10.8. The number of benzene rings is 1. The lowest BCUT2D eigenvalue weighted by Gasteiger charge is -2.33. The van der Waals surface area contributed by atoms with Crippen LogP contribution in [0.2, 0.25) is 0 Å². The van der Waals surface area contributed by atoms with Crippen molar-refractivity contribution in [3.8, 4) is 5.69 Å². The molecule has 1 aliphatic rings. The molecule has 1 saturated heterocycles. The summed E-state index contributed by atoms with van der Waals surface area (Å²) >= 11 is 1.21. The van der Waals surface area contributed by atoms with E-state index in [1.54, 1.807) is 39.5 Å². The third kappa shape index (κ3) is 3.53. The summed E-state index contributed by atoms with van der Waals surface area (Å²) in [5.74, 6) is -0.134. The first-order chi connectivity index (χ1) is 13.1. The van der Waals surface area contributed by atoms with Gasteiger partial charge in [0.25, 0.3) is 15.9 Å². The molecule has 27 heavy (non-hydrogen) atoms. The van der Waals surface area contributed by atoms with Gasteiger partial charge in [0.1, 0.15) is 4.21 Å². The summed E-state index contributed by atoms with van der Waals surface area (Å²) in [5.41, 5.74) is 1.37. The van der Waals surface area contributed by atoms with Gasteiger partial charge in [-0.1, -0.05) is 24.3 Å². The van der Waals surface area contributed by atoms with E-state index in [4.69, 9.17) is 0 Å². The monoisotopic (exact) mass is 402 g/mol. The van der Waals surface area contributed by atoms with Crippen LogP contribution in [0.4, 0.5) is 0 Å². The predicted octanol–water partition coefficient (Wildman–Crippen LogP) is 2.08. The van der Waals surface area contributed by atoms with Crippen molar-refractivity contribution in [2.45, 2.75) is 4.21 Å². The van der Waals surface area contributed by atoms with Gasteiger partial charge in [0.2, 0.25) is 0 Å². The third-order valence-electron chi connectivity index (χ3n) is 4.47. The summed E-state index contributed by atoms with van der Waals surface area (Å²) in [7, 11) is -3.47. The van der Waals surface area contributed by atoms with Crippen molar-refractivity contribution in [3.63, 3.8) is 0 Å². The Bertz CT molecular complexity index is 1020. The summed E-state index contributed by atoms with van der Waals surface area (Å²) in [4.78, 5) is 14.4. The number of thiophene rings is 1. The smallest absolute Gasteiger partial charge is 0.257 e. The van der Waals surface area contributed by atoms with Crippen LogP contribution in [0.5, 0.6) is 0 Å². The molecule has 0 saturated carbocycles. The molecule has 140 valence electrons. The number of carbonyl (C=O) groups excluding carboxylic acids is 1. The maximum atomic E-state index is 12.7. The van der Waals surface area contributed by atoms with Gasteiger partial charge in [-0.05, 0) is 23.6 Å². The molecule has 0 radical (unpaired) electrons. The zero-order valence-corrected chi connectivity index (χ0v) is 16.1. The van der Waals surface area contributed by atoms with E-state index in [0.29, 0.717) is 36.0 Å². The molecule has 3 aromatic rings. The number of aromatic nitrogens is 2. The second-order valence-electron chi connectivity index (χ2n) is 6.14. The van der Waals surface area contributed by atoms with Gasteiger partial charge in [-0.25, -0.2) is 13.1 Å². The van der Waals surface area contributed by atoms with Crippen molar-refractivity contribution in [1.82, 2.24) is 19.0 Å².